The number of carbonyl (C=O) groups excluding carboxylic acids is 2. The fourth-order valence-corrected chi connectivity index (χ4v) is 2.76. The van der Waals surface area contributed by atoms with Crippen LogP contribution < -0.4 is 5.32 Å². The Balaban J connectivity index is 2.08. The highest BCUT2D eigenvalue weighted by atomic mass is 35.5. The first-order valence-corrected chi connectivity index (χ1v) is 8.00. The first-order chi connectivity index (χ1) is 11.4. The van der Waals surface area contributed by atoms with Crippen LogP contribution in [-0.4, -0.2) is 23.8 Å². The molecule has 0 aliphatic carbocycles. The molecule has 6 heteroatoms. The molecular weight excluding hydrogens is 347 g/mol. The van der Waals surface area contributed by atoms with Gasteiger partial charge in [-0.05, 0) is 42.3 Å². The lowest BCUT2D eigenvalue weighted by Gasteiger charge is -2.10. The van der Waals surface area contributed by atoms with Gasteiger partial charge in [-0.25, -0.2) is 0 Å². The number of hydrogen-bond donors (Lipinski definition) is 1. The van der Waals surface area contributed by atoms with E-state index in [1.54, 1.807) is 30.3 Å². The third kappa shape index (κ3) is 2.90. The SMILES string of the molecule is Cc1ccc(NC2=C(c3ccc(Cl)cc3)C(=O)N(C)C2=O)cc1Cl. The number of amides is 2. The van der Waals surface area contributed by atoms with Crippen molar-refractivity contribution in [3.8, 4) is 0 Å². The van der Waals surface area contributed by atoms with Gasteiger partial charge in [0, 0.05) is 22.8 Å². The highest BCUT2D eigenvalue weighted by Crippen LogP contribution is 2.31. The van der Waals surface area contributed by atoms with E-state index < -0.39 is 0 Å². The molecular formula is C18H14Cl2N2O2. The first-order valence-electron chi connectivity index (χ1n) is 7.24. The third-order valence-corrected chi connectivity index (χ3v) is 4.52. The summed E-state index contributed by atoms with van der Waals surface area (Å²) in [6.07, 6.45) is 0. The summed E-state index contributed by atoms with van der Waals surface area (Å²) in [5.41, 5.74) is 2.74. The van der Waals surface area contributed by atoms with E-state index in [1.165, 1.54) is 7.05 Å². The lowest BCUT2D eigenvalue weighted by atomic mass is 10.0. The van der Waals surface area contributed by atoms with E-state index in [9.17, 15) is 9.59 Å². The maximum absolute atomic E-state index is 12.5. The number of likely N-dealkylation sites (N-methyl/N-ethyl adjacent to an activating group) is 1. The van der Waals surface area contributed by atoms with Crippen molar-refractivity contribution in [2.75, 3.05) is 12.4 Å². The van der Waals surface area contributed by atoms with Gasteiger partial charge in [-0.15, -0.1) is 0 Å². The summed E-state index contributed by atoms with van der Waals surface area (Å²) < 4.78 is 0. The Morgan fingerprint density at radius 2 is 1.62 bits per heavy atom. The lowest BCUT2D eigenvalue weighted by Crippen LogP contribution is -2.27. The fraction of sp³-hybridized carbons (Fsp3) is 0.111. The summed E-state index contributed by atoms with van der Waals surface area (Å²) in [6.45, 7) is 1.89. The lowest BCUT2D eigenvalue weighted by molar-refractivity contribution is -0.135. The van der Waals surface area contributed by atoms with E-state index in [1.807, 2.05) is 19.1 Å². The standard InChI is InChI=1S/C18H14Cl2N2O2/c1-10-3-8-13(9-14(10)20)21-16-15(17(23)22(2)18(16)24)11-4-6-12(19)7-5-11/h3-9,21H,1-2H3. The average molecular weight is 361 g/mol. The van der Waals surface area contributed by atoms with Crippen LogP contribution in [0, 0.1) is 6.92 Å². The van der Waals surface area contributed by atoms with Crippen LogP contribution in [0.4, 0.5) is 5.69 Å². The molecule has 24 heavy (non-hydrogen) atoms. The number of anilines is 1. The third-order valence-electron chi connectivity index (χ3n) is 3.86. The molecule has 0 fully saturated rings. The molecule has 122 valence electrons. The Bertz CT molecular complexity index is 873. The van der Waals surface area contributed by atoms with Crippen molar-refractivity contribution in [1.82, 2.24) is 4.90 Å². The van der Waals surface area contributed by atoms with Crippen LogP contribution in [0.3, 0.4) is 0 Å². The van der Waals surface area contributed by atoms with Crippen molar-refractivity contribution in [2.24, 2.45) is 0 Å². The van der Waals surface area contributed by atoms with Gasteiger partial charge in [0.1, 0.15) is 5.70 Å². The molecule has 1 aliphatic rings. The molecule has 0 spiro atoms. The average Bonchev–Trinajstić information content (AvgIpc) is 2.76. The number of carbonyl (C=O) groups is 2. The minimum atomic E-state index is -0.387. The van der Waals surface area contributed by atoms with Gasteiger partial charge in [-0.1, -0.05) is 41.4 Å². The summed E-state index contributed by atoms with van der Waals surface area (Å²) >= 11 is 12.0. The molecule has 0 aromatic heterocycles. The molecule has 1 aliphatic heterocycles. The summed E-state index contributed by atoms with van der Waals surface area (Å²) in [7, 11) is 1.46. The Hall–Kier alpha value is -2.30. The summed E-state index contributed by atoms with van der Waals surface area (Å²) in [6, 6.07) is 12.2. The predicted molar refractivity (Wildman–Crippen MR) is 96.0 cm³/mol. The predicted octanol–water partition coefficient (Wildman–Crippen LogP) is 4.12. The van der Waals surface area contributed by atoms with Gasteiger partial charge in [0.25, 0.3) is 11.8 Å². The topological polar surface area (TPSA) is 49.4 Å². The maximum atomic E-state index is 12.5. The van der Waals surface area contributed by atoms with Crippen LogP contribution in [0.25, 0.3) is 5.57 Å². The number of nitrogens with one attached hydrogen (secondary N) is 1. The first kappa shape index (κ1) is 16.6. The Morgan fingerprint density at radius 3 is 2.25 bits per heavy atom. The van der Waals surface area contributed by atoms with Crippen LogP contribution in [0.2, 0.25) is 10.0 Å². The number of imide groups is 1. The van der Waals surface area contributed by atoms with Crippen molar-refractivity contribution in [3.63, 3.8) is 0 Å². The molecule has 0 unspecified atom stereocenters. The molecule has 0 radical (unpaired) electrons. The quantitative estimate of drug-likeness (QED) is 0.837. The summed E-state index contributed by atoms with van der Waals surface area (Å²) in [5.74, 6) is -0.746. The minimum Gasteiger partial charge on any atom is -0.350 e. The van der Waals surface area contributed by atoms with Gasteiger partial charge in [0.15, 0.2) is 0 Å². The monoisotopic (exact) mass is 360 g/mol. The number of hydrogen-bond acceptors (Lipinski definition) is 3. The largest absolute Gasteiger partial charge is 0.350 e. The van der Waals surface area contributed by atoms with E-state index in [0.29, 0.717) is 26.9 Å². The minimum absolute atomic E-state index is 0.227. The summed E-state index contributed by atoms with van der Waals surface area (Å²) in [4.78, 5) is 26.0. The zero-order chi connectivity index (χ0) is 17.4. The van der Waals surface area contributed by atoms with Crippen LogP contribution >= 0.6 is 23.2 Å². The van der Waals surface area contributed by atoms with Crippen molar-refractivity contribution < 1.29 is 9.59 Å². The van der Waals surface area contributed by atoms with E-state index in [4.69, 9.17) is 23.2 Å². The molecule has 2 aromatic carbocycles. The maximum Gasteiger partial charge on any atom is 0.277 e. The van der Waals surface area contributed by atoms with E-state index >= 15 is 0 Å². The molecule has 1 heterocycles. The van der Waals surface area contributed by atoms with E-state index in [0.717, 1.165) is 10.5 Å². The zero-order valence-corrected chi connectivity index (χ0v) is 14.6. The highest BCUT2D eigenvalue weighted by Gasteiger charge is 2.36. The van der Waals surface area contributed by atoms with E-state index in [-0.39, 0.29) is 17.5 Å². The second kappa shape index (κ2) is 6.30. The molecule has 3 rings (SSSR count). The fourth-order valence-electron chi connectivity index (χ4n) is 2.46. The summed E-state index contributed by atoms with van der Waals surface area (Å²) in [5, 5.41) is 4.17. The molecule has 4 nitrogen and oxygen atoms in total. The van der Waals surface area contributed by atoms with Gasteiger partial charge in [-0.3, -0.25) is 14.5 Å². The normalized spacial score (nSPS) is 14.6. The Kier molecular flexibility index (Phi) is 4.35. The second-order valence-electron chi connectivity index (χ2n) is 5.52. The van der Waals surface area contributed by atoms with Gasteiger partial charge in [0.05, 0.1) is 5.57 Å². The number of nitrogens with zero attached hydrogens (tertiary/aromatic N) is 1. The van der Waals surface area contributed by atoms with Crippen LogP contribution in [0.15, 0.2) is 48.2 Å². The van der Waals surface area contributed by atoms with Crippen molar-refractivity contribution in [1.29, 1.82) is 0 Å². The molecule has 1 N–H and O–H groups in total. The van der Waals surface area contributed by atoms with Gasteiger partial charge >= 0.3 is 0 Å². The highest BCUT2D eigenvalue weighted by molar-refractivity contribution is 6.37. The molecule has 0 saturated heterocycles. The smallest absolute Gasteiger partial charge is 0.277 e. The van der Waals surface area contributed by atoms with Gasteiger partial charge < -0.3 is 5.32 Å². The number of benzene rings is 2. The number of rotatable bonds is 3. The molecule has 0 saturated carbocycles. The number of halogens is 2. The molecule has 0 bridgehead atoms. The molecule has 2 amide bonds. The van der Waals surface area contributed by atoms with Crippen molar-refractivity contribution in [3.05, 3.63) is 69.3 Å². The Labute approximate surface area is 149 Å². The van der Waals surface area contributed by atoms with Crippen LogP contribution in [0.5, 0.6) is 0 Å². The van der Waals surface area contributed by atoms with Crippen molar-refractivity contribution in [2.45, 2.75) is 6.92 Å². The zero-order valence-electron chi connectivity index (χ0n) is 13.1. The second-order valence-corrected chi connectivity index (χ2v) is 6.36. The van der Waals surface area contributed by atoms with Crippen LogP contribution in [0.1, 0.15) is 11.1 Å². The molecule has 0 atom stereocenters. The number of aryl methyl sites for hydroxylation is 1. The van der Waals surface area contributed by atoms with Gasteiger partial charge in [0.2, 0.25) is 0 Å². The van der Waals surface area contributed by atoms with Gasteiger partial charge in [-0.2, -0.15) is 0 Å². The van der Waals surface area contributed by atoms with E-state index in [2.05, 4.69) is 5.32 Å². The Morgan fingerprint density at radius 1 is 0.958 bits per heavy atom. The molecule has 2 aromatic rings. The van der Waals surface area contributed by atoms with Crippen molar-refractivity contribution >= 4 is 46.3 Å². The van der Waals surface area contributed by atoms with Crippen LogP contribution in [-0.2, 0) is 9.59 Å².